The first kappa shape index (κ1) is 19.4. The summed E-state index contributed by atoms with van der Waals surface area (Å²) in [6, 6.07) is 7.98. The number of methoxy groups -OCH3 is 2. The van der Waals surface area contributed by atoms with Crippen molar-refractivity contribution in [1.29, 1.82) is 5.26 Å². The lowest BCUT2D eigenvalue weighted by Crippen LogP contribution is -2.45. The molecule has 0 N–H and O–H groups in total. The molecule has 7 nitrogen and oxygen atoms in total. The number of aromatic nitrogens is 2. The maximum absolute atomic E-state index is 9.53. The molecule has 29 heavy (non-hydrogen) atoms. The molecule has 4 rings (SSSR count). The van der Waals surface area contributed by atoms with Crippen LogP contribution in [0.3, 0.4) is 0 Å². The van der Waals surface area contributed by atoms with Gasteiger partial charge in [0.15, 0.2) is 17.3 Å². The predicted molar refractivity (Wildman–Crippen MR) is 115 cm³/mol. The van der Waals surface area contributed by atoms with E-state index in [2.05, 4.69) is 22.9 Å². The molecule has 1 saturated heterocycles. The Bertz CT molecular complexity index is 1100. The van der Waals surface area contributed by atoms with Crippen LogP contribution in [0.4, 0.5) is 5.82 Å². The van der Waals surface area contributed by atoms with Crippen molar-refractivity contribution in [3.05, 3.63) is 28.6 Å². The zero-order valence-electron chi connectivity index (χ0n) is 17.0. The number of nitriles is 1. The van der Waals surface area contributed by atoms with E-state index in [1.54, 1.807) is 14.2 Å². The number of piperazine rings is 1. The van der Waals surface area contributed by atoms with Gasteiger partial charge in [0.1, 0.15) is 21.6 Å². The topological polar surface area (TPSA) is 74.5 Å². The van der Waals surface area contributed by atoms with Gasteiger partial charge in [-0.05, 0) is 37.7 Å². The third kappa shape index (κ3) is 3.48. The van der Waals surface area contributed by atoms with Gasteiger partial charge in [0.2, 0.25) is 0 Å². The fourth-order valence-electron chi connectivity index (χ4n) is 3.58. The number of thiophene rings is 1. The monoisotopic (exact) mass is 409 g/mol. The number of hydrogen-bond donors (Lipinski definition) is 0. The summed E-state index contributed by atoms with van der Waals surface area (Å²) in [5.74, 6) is 2.83. The fourth-order valence-corrected chi connectivity index (χ4v) is 4.55. The number of nitrogens with zero attached hydrogens (tertiary/aromatic N) is 5. The van der Waals surface area contributed by atoms with Crippen molar-refractivity contribution in [1.82, 2.24) is 14.9 Å². The fraction of sp³-hybridized carbons (Fsp3) is 0.381. The lowest BCUT2D eigenvalue weighted by atomic mass is 10.1. The normalized spacial score (nSPS) is 14.8. The molecule has 0 amide bonds. The third-order valence-electron chi connectivity index (χ3n) is 5.32. The van der Waals surface area contributed by atoms with Crippen molar-refractivity contribution in [3.8, 4) is 29.0 Å². The highest BCUT2D eigenvalue weighted by Crippen LogP contribution is 2.38. The van der Waals surface area contributed by atoms with Gasteiger partial charge in [-0.3, -0.25) is 0 Å². The van der Waals surface area contributed by atoms with E-state index >= 15 is 0 Å². The third-order valence-corrected chi connectivity index (χ3v) is 6.41. The Morgan fingerprint density at radius 2 is 1.79 bits per heavy atom. The van der Waals surface area contributed by atoms with E-state index < -0.39 is 0 Å². The first-order chi connectivity index (χ1) is 14.0. The van der Waals surface area contributed by atoms with Crippen LogP contribution < -0.4 is 14.4 Å². The molecule has 0 saturated carbocycles. The second-order valence-electron chi connectivity index (χ2n) is 7.08. The average molecular weight is 410 g/mol. The summed E-state index contributed by atoms with van der Waals surface area (Å²) in [6.07, 6.45) is 0. The van der Waals surface area contributed by atoms with Gasteiger partial charge in [-0.1, -0.05) is 0 Å². The maximum atomic E-state index is 9.53. The van der Waals surface area contributed by atoms with Crippen LogP contribution in [0.1, 0.15) is 10.4 Å². The van der Waals surface area contributed by atoms with E-state index in [4.69, 9.17) is 19.4 Å². The van der Waals surface area contributed by atoms with Crippen LogP contribution in [0, 0.1) is 18.3 Å². The van der Waals surface area contributed by atoms with Crippen molar-refractivity contribution in [2.24, 2.45) is 0 Å². The number of anilines is 1. The van der Waals surface area contributed by atoms with Gasteiger partial charge < -0.3 is 19.3 Å². The van der Waals surface area contributed by atoms with E-state index in [1.165, 1.54) is 11.3 Å². The Labute approximate surface area is 174 Å². The summed E-state index contributed by atoms with van der Waals surface area (Å²) >= 11 is 1.42. The minimum Gasteiger partial charge on any atom is -0.493 e. The Morgan fingerprint density at radius 1 is 1.07 bits per heavy atom. The molecular formula is C21H23N5O2S. The second-order valence-corrected chi connectivity index (χ2v) is 8.08. The zero-order chi connectivity index (χ0) is 20.5. The summed E-state index contributed by atoms with van der Waals surface area (Å²) < 4.78 is 10.8. The van der Waals surface area contributed by atoms with Crippen LogP contribution in [0.2, 0.25) is 0 Å². The lowest BCUT2D eigenvalue weighted by molar-refractivity contribution is 0.312. The van der Waals surface area contributed by atoms with Crippen LogP contribution in [-0.2, 0) is 0 Å². The van der Waals surface area contributed by atoms with E-state index in [0.717, 1.165) is 53.3 Å². The molecule has 1 aliphatic heterocycles. The number of hydrogen-bond acceptors (Lipinski definition) is 8. The Hall–Kier alpha value is -2.89. The van der Waals surface area contributed by atoms with Crippen LogP contribution in [0.15, 0.2) is 18.2 Å². The predicted octanol–water partition coefficient (Wildman–Crippen LogP) is 3.31. The van der Waals surface area contributed by atoms with Crippen LogP contribution in [-0.4, -0.2) is 62.3 Å². The van der Waals surface area contributed by atoms with Gasteiger partial charge in [-0.15, -0.1) is 11.3 Å². The van der Waals surface area contributed by atoms with Gasteiger partial charge in [0.05, 0.1) is 19.6 Å². The highest BCUT2D eigenvalue weighted by molar-refractivity contribution is 7.19. The summed E-state index contributed by atoms with van der Waals surface area (Å²) in [5, 5.41) is 10.5. The zero-order valence-corrected chi connectivity index (χ0v) is 17.8. The highest BCUT2D eigenvalue weighted by Gasteiger charge is 2.23. The van der Waals surface area contributed by atoms with Gasteiger partial charge in [-0.25, -0.2) is 9.97 Å². The Kier molecular flexibility index (Phi) is 5.26. The number of likely N-dealkylation sites (N-methyl/N-ethyl adjacent to an activating group) is 1. The number of rotatable bonds is 4. The number of fused-ring (bicyclic) bond motifs is 1. The lowest BCUT2D eigenvalue weighted by Gasteiger charge is -2.33. The molecule has 8 heteroatoms. The summed E-state index contributed by atoms with van der Waals surface area (Å²) in [5.41, 5.74) is 1.81. The molecule has 2 aromatic heterocycles. The molecule has 1 aromatic carbocycles. The van der Waals surface area contributed by atoms with Gasteiger partial charge in [-0.2, -0.15) is 5.26 Å². The molecule has 3 aromatic rings. The number of aryl methyl sites for hydroxylation is 1. The van der Waals surface area contributed by atoms with Crippen molar-refractivity contribution in [2.75, 3.05) is 52.3 Å². The van der Waals surface area contributed by atoms with E-state index in [9.17, 15) is 5.26 Å². The van der Waals surface area contributed by atoms with Crippen LogP contribution in [0.25, 0.3) is 21.6 Å². The van der Waals surface area contributed by atoms with E-state index in [0.29, 0.717) is 22.2 Å². The molecular weight excluding hydrogens is 386 g/mol. The number of ether oxygens (including phenoxy) is 2. The molecule has 150 valence electrons. The van der Waals surface area contributed by atoms with Crippen molar-refractivity contribution >= 4 is 27.4 Å². The molecule has 0 aliphatic carbocycles. The first-order valence-electron chi connectivity index (χ1n) is 9.42. The van der Waals surface area contributed by atoms with Crippen molar-refractivity contribution in [3.63, 3.8) is 0 Å². The molecule has 3 heterocycles. The average Bonchev–Trinajstić information content (AvgIpc) is 3.08. The molecule has 0 radical (unpaired) electrons. The Balaban J connectivity index is 1.89. The summed E-state index contributed by atoms with van der Waals surface area (Å²) in [4.78, 5) is 15.9. The summed E-state index contributed by atoms with van der Waals surface area (Å²) in [7, 11) is 5.36. The molecule has 1 aliphatic rings. The summed E-state index contributed by atoms with van der Waals surface area (Å²) in [6.45, 7) is 5.73. The molecule has 0 unspecified atom stereocenters. The van der Waals surface area contributed by atoms with Crippen molar-refractivity contribution in [2.45, 2.75) is 6.92 Å². The van der Waals surface area contributed by atoms with Crippen LogP contribution >= 0.6 is 11.3 Å². The molecule has 1 fully saturated rings. The SMILES string of the molecule is COc1ccc(-c2nc(N3CCN(C)CC3)c3c(C)c(C#N)sc3n2)cc1OC. The Morgan fingerprint density at radius 3 is 2.45 bits per heavy atom. The second kappa shape index (κ2) is 7.85. The first-order valence-corrected chi connectivity index (χ1v) is 10.2. The van der Waals surface area contributed by atoms with E-state index in [1.807, 2.05) is 25.1 Å². The minimum absolute atomic E-state index is 0.623. The van der Waals surface area contributed by atoms with E-state index in [-0.39, 0.29) is 0 Å². The minimum atomic E-state index is 0.623. The van der Waals surface area contributed by atoms with Gasteiger partial charge in [0, 0.05) is 31.7 Å². The van der Waals surface area contributed by atoms with Gasteiger partial charge >= 0.3 is 0 Å². The largest absolute Gasteiger partial charge is 0.493 e. The van der Waals surface area contributed by atoms with Crippen LogP contribution in [0.5, 0.6) is 11.5 Å². The maximum Gasteiger partial charge on any atom is 0.163 e. The molecule has 0 atom stereocenters. The molecule has 0 spiro atoms. The smallest absolute Gasteiger partial charge is 0.163 e. The standard InChI is InChI=1S/C21H23N5O2S/c1-13-17(12-22)29-21-18(13)20(26-9-7-25(2)8-10-26)23-19(24-21)14-5-6-15(27-3)16(11-14)28-4/h5-6,11H,7-10H2,1-4H3. The van der Waals surface area contributed by atoms with Crippen molar-refractivity contribution < 1.29 is 9.47 Å². The highest BCUT2D eigenvalue weighted by atomic mass is 32.1. The van der Waals surface area contributed by atoms with Gasteiger partial charge in [0.25, 0.3) is 0 Å². The number of benzene rings is 1. The molecule has 0 bridgehead atoms. The quantitative estimate of drug-likeness (QED) is 0.654.